The SMILES string of the molecule is Cc1cc(C)c(N=Cc2ccc(/C=N/[Si](c3ccccc3)(c3ccccc3)c3ccccc3)s2)c(C)c1. The van der Waals surface area contributed by atoms with Crippen LogP contribution in [-0.4, -0.2) is 20.7 Å². The highest BCUT2D eigenvalue weighted by Crippen LogP contribution is 2.25. The molecule has 0 saturated heterocycles. The number of thiophene rings is 1. The van der Waals surface area contributed by atoms with E-state index in [4.69, 9.17) is 9.65 Å². The van der Waals surface area contributed by atoms with Crippen LogP contribution in [0, 0.1) is 20.8 Å². The summed E-state index contributed by atoms with van der Waals surface area (Å²) in [6.07, 6.45) is 4.05. The molecule has 0 bridgehead atoms. The molecule has 0 spiro atoms. The van der Waals surface area contributed by atoms with E-state index in [0.29, 0.717) is 0 Å². The van der Waals surface area contributed by atoms with Crippen LogP contribution in [0.5, 0.6) is 0 Å². The number of rotatable bonds is 7. The van der Waals surface area contributed by atoms with Crippen LogP contribution in [0.1, 0.15) is 26.4 Å². The van der Waals surface area contributed by atoms with Gasteiger partial charge >= 0.3 is 0 Å². The van der Waals surface area contributed by atoms with Crippen molar-refractivity contribution < 1.29 is 0 Å². The minimum atomic E-state index is -2.65. The lowest BCUT2D eigenvalue weighted by Crippen LogP contribution is -2.66. The molecule has 0 atom stereocenters. The monoisotopic (exact) mass is 514 g/mol. The van der Waals surface area contributed by atoms with Gasteiger partial charge in [0.15, 0.2) is 0 Å². The van der Waals surface area contributed by atoms with E-state index < -0.39 is 8.24 Å². The summed E-state index contributed by atoms with van der Waals surface area (Å²) in [5.41, 5.74) is 4.73. The molecule has 0 fully saturated rings. The molecule has 0 unspecified atom stereocenters. The first-order chi connectivity index (χ1) is 18.1. The molecule has 0 amide bonds. The largest absolute Gasteiger partial charge is 0.310 e. The van der Waals surface area contributed by atoms with E-state index in [9.17, 15) is 0 Å². The Balaban J connectivity index is 1.55. The smallest absolute Gasteiger partial charge is 0.273 e. The van der Waals surface area contributed by atoms with E-state index in [1.54, 1.807) is 11.3 Å². The van der Waals surface area contributed by atoms with Crippen LogP contribution in [0.3, 0.4) is 0 Å². The Hall–Kier alpha value is -3.86. The number of nitrogens with zero attached hydrogens (tertiary/aromatic N) is 2. The molecule has 4 heteroatoms. The normalized spacial score (nSPS) is 12.0. The second kappa shape index (κ2) is 11.0. The molecule has 0 aliphatic heterocycles. The van der Waals surface area contributed by atoms with E-state index >= 15 is 0 Å². The Labute approximate surface area is 224 Å². The van der Waals surface area contributed by atoms with Crippen LogP contribution >= 0.6 is 11.3 Å². The van der Waals surface area contributed by atoms with Crippen LogP contribution < -0.4 is 15.6 Å². The summed E-state index contributed by atoms with van der Waals surface area (Å²) in [7, 11) is -2.65. The van der Waals surface area contributed by atoms with Crippen LogP contribution in [0.15, 0.2) is 125 Å². The zero-order chi connectivity index (χ0) is 25.7. The number of aliphatic imine (C=N–C) groups is 1. The number of benzene rings is 4. The second-order valence-electron chi connectivity index (χ2n) is 9.31. The lowest BCUT2D eigenvalue weighted by molar-refractivity contribution is 1.29. The molecule has 1 aromatic heterocycles. The van der Waals surface area contributed by atoms with Crippen LogP contribution in [-0.2, 0) is 0 Å². The van der Waals surface area contributed by atoms with Crippen molar-refractivity contribution in [2.75, 3.05) is 0 Å². The van der Waals surface area contributed by atoms with E-state index in [-0.39, 0.29) is 0 Å². The topological polar surface area (TPSA) is 24.7 Å². The first-order valence-corrected chi connectivity index (χ1v) is 15.3. The quantitative estimate of drug-likeness (QED) is 0.134. The van der Waals surface area contributed by atoms with Crippen LogP contribution in [0.2, 0.25) is 0 Å². The zero-order valence-electron chi connectivity index (χ0n) is 21.4. The van der Waals surface area contributed by atoms with Gasteiger partial charge < -0.3 is 4.66 Å². The summed E-state index contributed by atoms with van der Waals surface area (Å²) in [5.74, 6) is 0. The molecule has 2 nitrogen and oxygen atoms in total. The van der Waals surface area contributed by atoms with Gasteiger partial charge in [0.2, 0.25) is 0 Å². The summed E-state index contributed by atoms with van der Waals surface area (Å²) >= 11 is 1.72. The van der Waals surface area contributed by atoms with Crippen molar-refractivity contribution in [3.8, 4) is 0 Å². The molecule has 5 rings (SSSR count). The van der Waals surface area contributed by atoms with Crippen LogP contribution in [0.25, 0.3) is 0 Å². The van der Waals surface area contributed by atoms with Gasteiger partial charge in [0, 0.05) is 22.2 Å². The van der Waals surface area contributed by atoms with Gasteiger partial charge in [-0.15, -0.1) is 11.3 Å². The third kappa shape index (κ3) is 5.31. The summed E-state index contributed by atoms with van der Waals surface area (Å²) in [6.45, 7) is 6.38. The highest BCUT2D eigenvalue weighted by atomic mass is 32.1. The number of aryl methyl sites for hydroxylation is 3. The predicted octanol–water partition coefficient (Wildman–Crippen LogP) is 6.51. The van der Waals surface area contributed by atoms with E-state index in [1.165, 1.54) is 32.3 Å². The summed E-state index contributed by atoms with van der Waals surface area (Å²) in [6, 6.07) is 40.9. The van der Waals surface area contributed by atoms with Crippen molar-refractivity contribution in [3.63, 3.8) is 0 Å². The van der Waals surface area contributed by atoms with Gasteiger partial charge in [-0.3, -0.25) is 4.99 Å². The van der Waals surface area contributed by atoms with Crippen LogP contribution in [0.4, 0.5) is 5.69 Å². The highest BCUT2D eigenvalue weighted by Gasteiger charge is 2.39. The first kappa shape index (κ1) is 24.8. The first-order valence-electron chi connectivity index (χ1n) is 12.5. The van der Waals surface area contributed by atoms with E-state index in [0.717, 1.165) is 15.4 Å². The Morgan fingerprint density at radius 3 is 1.46 bits per heavy atom. The maximum atomic E-state index is 5.49. The Bertz CT molecular complexity index is 1420. The molecule has 182 valence electrons. The van der Waals surface area contributed by atoms with E-state index in [2.05, 4.69) is 142 Å². The maximum Gasteiger partial charge on any atom is 0.273 e. The Kier molecular flexibility index (Phi) is 7.40. The Morgan fingerprint density at radius 1 is 0.568 bits per heavy atom. The summed E-state index contributed by atoms with van der Waals surface area (Å²) in [4.78, 5) is 7.07. The molecule has 0 saturated carbocycles. The number of hydrogen-bond acceptors (Lipinski definition) is 3. The van der Waals surface area contributed by atoms with Crippen molar-refractivity contribution >= 4 is 53.2 Å². The molecule has 4 aromatic carbocycles. The van der Waals surface area contributed by atoms with Crippen molar-refractivity contribution in [1.29, 1.82) is 0 Å². The minimum absolute atomic E-state index is 1.05. The van der Waals surface area contributed by atoms with Gasteiger partial charge in [0.05, 0.1) is 5.69 Å². The van der Waals surface area contributed by atoms with E-state index in [1.807, 2.05) is 6.21 Å². The van der Waals surface area contributed by atoms with Crippen molar-refractivity contribution in [2.45, 2.75) is 20.8 Å². The molecule has 5 aromatic rings. The summed E-state index contributed by atoms with van der Waals surface area (Å²) < 4.78 is 5.49. The van der Waals surface area contributed by atoms with Crippen molar-refractivity contribution in [1.82, 2.24) is 0 Å². The van der Waals surface area contributed by atoms with Gasteiger partial charge in [-0.25, -0.2) is 0 Å². The fourth-order valence-electron chi connectivity index (χ4n) is 4.93. The Morgan fingerprint density at radius 2 is 1.00 bits per heavy atom. The fourth-order valence-corrected chi connectivity index (χ4v) is 9.59. The summed E-state index contributed by atoms with van der Waals surface area (Å²) in [5, 5.41) is 3.81. The fraction of sp³-hybridized carbons (Fsp3) is 0.0909. The third-order valence-electron chi connectivity index (χ3n) is 6.56. The number of hydrogen-bond donors (Lipinski definition) is 0. The molecule has 0 aliphatic rings. The maximum absolute atomic E-state index is 5.49. The molecular formula is C33H30N2SSi. The highest BCUT2D eigenvalue weighted by molar-refractivity contribution is 7.16. The average Bonchev–Trinajstić information content (AvgIpc) is 3.38. The van der Waals surface area contributed by atoms with Gasteiger partial charge in [-0.1, -0.05) is 109 Å². The molecular weight excluding hydrogens is 485 g/mol. The molecule has 0 aliphatic carbocycles. The molecule has 1 heterocycles. The van der Waals surface area contributed by atoms with Gasteiger partial charge in [0.25, 0.3) is 8.24 Å². The molecule has 0 N–H and O–H groups in total. The zero-order valence-corrected chi connectivity index (χ0v) is 23.2. The lowest BCUT2D eigenvalue weighted by atomic mass is 10.1. The lowest BCUT2D eigenvalue weighted by Gasteiger charge is -2.29. The van der Waals surface area contributed by atoms with Gasteiger partial charge in [-0.05, 0) is 59.6 Å². The average molecular weight is 515 g/mol. The van der Waals surface area contributed by atoms with Gasteiger partial charge in [-0.2, -0.15) is 0 Å². The standard InChI is InChI=1S/C33H30N2SSi/c1-25-21-26(2)33(27(3)22-25)34-23-28-19-20-29(36-28)24-35-37(30-13-7-4-8-14-30,31-15-9-5-10-16-31)32-17-11-6-12-18-32/h4-24H,1-3H3/b34-23?,35-24+. The third-order valence-corrected chi connectivity index (χ3v) is 11.5. The molecule has 37 heavy (non-hydrogen) atoms. The predicted molar refractivity (Wildman–Crippen MR) is 164 cm³/mol. The second-order valence-corrected chi connectivity index (χ2v) is 13.9. The van der Waals surface area contributed by atoms with Crippen molar-refractivity contribution in [3.05, 3.63) is 142 Å². The minimum Gasteiger partial charge on any atom is -0.310 e. The van der Waals surface area contributed by atoms with Gasteiger partial charge in [0.1, 0.15) is 0 Å². The van der Waals surface area contributed by atoms with Crippen molar-refractivity contribution in [2.24, 2.45) is 9.65 Å². The molecule has 0 radical (unpaired) electrons.